The molecule has 0 amide bonds. The van der Waals surface area contributed by atoms with Crippen LogP contribution in [0.1, 0.15) is 5.69 Å². The van der Waals surface area contributed by atoms with Crippen LogP contribution in [-0.2, 0) is 6.54 Å². The van der Waals surface area contributed by atoms with Crippen molar-refractivity contribution in [1.29, 1.82) is 0 Å². The highest BCUT2D eigenvalue weighted by Crippen LogP contribution is 2.00. The molecular weight excluding hydrogens is 172 g/mol. The summed E-state index contributed by atoms with van der Waals surface area (Å²) >= 11 is 0. The van der Waals surface area contributed by atoms with Crippen LogP contribution < -0.4 is 0 Å². The largest absolute Gasteiger partial charge is 0.290 e. The first-order valence-electron chi connectivity index (χ1n) is 4.71. The van der Waals surface area contributed by atoms with Gasteiger partial charge in [0.25, 0.3) is 0 Å². The zero-order valence-electron chi connectivity index (χ0n) is 8.39. The number of rotatable bonds is 6. The second-order valence-corrected chi connectivity index (χ2v) is 3.09. The lowest BCUT2D eigenvalue weighted by Crippen LogP contribution is -2.23. The second-order valence-electron chi connectivity index (χ2n) is 3.09. The van der Waals surface area contributed by atoms with Gasteiger partial charge in [-0.05, 0) is 12.1 Å². The molecule has 0 atom stereocenters. The summed E-state index contributed by atoms with van der Waals surface area (Å²) in [5.74, 6) is 0. The standard InChI is InChI=1S/C12H16N2/c1-3-9-14(10-4-2)11-12-7-5-6-8-13-12/h3-8H,1-2,9-11H2. The topological polar surface area (TPSA) is 16.1 Å². The minimum atomic E-state index is 0.846. The monoisotopic (exact) mass is 188 g/mol. The van der Waals surface area contributed by atoms with E-state index in [0.29, 0.717) is 0 Å². The van der Waals surface area contributed by atoms with Crippen molar-refractivity contribution in [2.45, 2.75) is 6.54 Å². The van der Waals surface area contributed by atoms with Crippen LogP contribution in [0, 0.1) is 0 Å². The van der Waals surface area contributed by atoms with Gasteiger partial charge in [0.15, 0.2) is 0 Å². The minimum absolute atomic E-state index is 0.846. The van der Waals surface area contributed by atoms with Crippen LogP contribution in [0.15, 0.2) is 49.7 Å². The molecule has 0 unspecified atom stereocenters. The Labute approximate surface area is 85.6 Å². The quantitative estimate of drug-likeness (QED) is 0.636. The van der Waals surface area contributed by atoms with Crippen LogP contribution >= 0.6 is 0 Å². The Morgan fingerprint density at radius 2 is 1.93 bits per heavy atom. The van der Waals surface area contributed by atoms with Crippen LogP contribution in [-0.4, -0.2) is 23.0 Å². The zero-order valence-corrected chi connectivity index (χ0v) is 8.39. The summed E-state index contributed by atoms with van der Waals surface area (Å²) in [5.41, 5.74) is 1.08. The fourth-order valence-corrected chi connectivity index (χ4v) is 1.29. The Bertz CT molecular complexity index is 270. The van der Waals surface area contributed by atoms with Crippen LogP contribution in [0.5, 0.6) is 0 Å². The van der Waals surface area contributed by atoms with E-state index in [-0.39, 0.29) is 0 Å². The SMILES string of the molecule is C=CCN(CC=C)Cc1ccccn1. The van der Waals surface area contributed by atoms with E-state index in [9.17, 15) is 0 Å². The summed E-state index contributed by atoms with van der Waals surface area (Å²) in [6.07, 6.45) is 5.61. The highest BCUT2D eigenvalue weighted by molar-refractivity contribution is 5.03. The molecule has 0 aliphatic carbocycles. The van der Waals surface area contributed by atoms with Gasteiger partial charge in [-0.2, -0.15) is 0 Å². The van der Waals surface area contributed by atoms with E-state index in [1.54, 1.807) is 0 Å². The van der Waals surface area contributed by atoms with Crippen LogP contribution in [0.3, 0.4) is 0 Å². The lowest BCUT2D eigenvalue weighted by Gasteiger charge is -2.17. The summed E-state index contributed by atoms with van der Waals surface area (Å²) in [6, 6.07) is 5.95. The molecule has 0 spiro atoms. The molecule has 2 nitrogen and oxygen atoms in total. The van der Waals surface area contributed by atoms with Gasteiger partial charge in [0, 0.05) is 25.8 Å². The maximum atomic E-state index is 4.27. The van der Waals surface area contributed by atoms with Crippen molar-refractivity contribution in [1.82, 2.24) is 9.88 Å². The van der Waals surface area contributed by atoms with Gasteiger partial charge >= 0.3 is 0 Å². The van der Waals surface area contributed by atoms with Crippen LogP contribution in [0.4, 0.5) is 0 Å². The normalized spacial score (nSPS) is 10.1. The molecule has 2 heteroatoms. The predicted molar refractivity (Wildman–Crippen MR) is 59.9 cm³/mol. The fourth-order valence-electron chi connectivity index (χ4n) is 1.29. The number of pyridine rings is 1. The highest BCUT2D eigenvalue weighted by atomic mass is 15.1. The maximum absolute atomic E-state index is 4.27. The molecular formula is C12H16N2. The summed E-state index contributed by atoms with van der Waals surface area (Å²) < 4.78 is 0. The number of aromatic nitrogens is 1. The molecule has 0 aliphatic heterocycles. The highest BCUT2D eigenvalue weighted by Gasteiger charge is 2.01. The van der Waals surface area contributed by atoms with Crippen molar-refractivity contribution in [2.24, 2.45) is 0 Å². The molecule has 1 aromatic heterocycles. The molecule has 1 rings (SSSR count). The van der Waals surface area contributed by atoms with Crippen molar-refractivity contribution >= 4 is 0 Å². The van der Waals surface area contributed by atoms with E-state index in [1.807, 2.05) is 36.5 Å². The van der Waals surface area contributed by atoms with Crippen molar-refractivity contribution < 1.29 is 0 Å². The third kappa shape index (κ3) is 3.54. The van der Waals surface area contributed by atoms with E-state index < -0.39 is 0 Å². The first kappa shape index (κ1) is 10.7. The molecule has 0 aliphatic rings. The van der Waals surface area contributed by atoms with E-state index in [0.717, 1.165) is 25.3 Å². The van der Waals surface area contributed by atoms with E-state index >= 15 is 0 Å². The van der Waals surface area contributed by atoms with Gasteiger partial charge in [-0.3, -0.25) is 9.88 Å². The van der Waals surface area contributed by atoms with Crippen molar-refractivity contribution in [3.8, 4) is 0 Å². The van der Waals surface area contributed by atoms with Gasteiger partial charge < -0.3 is 0 Å². The number of hydrogen-bond acceptors (Lipinski definition) is 2. The third-order valence-corrected chi connectivity index (χ3v) is 1.89. The molecule has 0 saturated carbocycles. The lowest BCUT2D eigenvalue weighted by atomic mass is 10.3. The Morgan fingerprint density at radius 3 is 2.43 bits per heavy atom. The number of hydrogen-bond donors (Lipinski definition) is 0. The Kier molecular flexibility index (Phi) is 4.65. The van der Waals surface area contributed by atoms with Gasteiger partial charge in [-0.15, -0.1) is 13.2 Å². The van der Waals surface area contributed by atoms with Crippen molar-refractivity contribution in [3.63, 3.8) is 0 Å². The van der Waals surface area contributed by atoms with Gasteiger partial charge in [-0.1, -0.05) is 18.2 Å². The molecule has 0 N–H and O–H groups in total. The fraction of sp³-hybridized carbons (Fsp3) is 0.250. The van der Waals surface area contributed by atoms with E-state index in [4.69, 9.17) is 0 Å². The average Bonchev–Trinajstić information content (AvgIpc) is 2.20. The summed E-state index contributed by atoms with van der Waals surface area (Å²) in [4.78, 5) is 6.50. The Hall–Kier alpha value is -1.41. The van der Waals surface area contributed by atoms with E-state index in [1.165, 1.54) is 0 Å². The molecule has 0 radical (unpaired) electrons. The maximum Gasteiger partial charge on any atom is 0.0544 e. The van der Waals surface area contributed by atoms with Crippen LogP contribution in [0.2, 0.25) is 0 Å². The third-order valence-electron chi connectivity index (χ3n) is 1.89. The van der Waals surface area contributed by atoms with Gasteiger partial charge in [-0.25, -0.2) is 0 Å². The Morgan fingerprint density at radius 1 is 1.21 bits per heavy atom. The molecule has 0 saturated heterocycles. The average molecular weight is 188 g/mol. The molecule has 1 aromatic rings. The van der Waals surface area contributed by atoms with Gasteiger partial charge in [0.05, 0.1) is 5.69 Å². The predicted octanol–water partition coefficient (Wildman–Crippen LogP) is 2.26. The first-order chi connectivity index (χ1) is 6.86. The molecule has 0 fully saturated rings. The van der Waals surface area contributed by atoms with Crippen molar-refractivity contribution in [3.05, 3.63) is 55.4 Å². The molecule has 0 aromatic carbocycles. The summed E-state index contributed by atoms with van der Waals surface area (Å²) in [6.45, 7) is 10.0. The molecule has 0 bridgehead atoms. The summed E-state index contributed by atoms with van der Waals surface area (Å²) in [7, 11) is 0. The minimum Gasteiger partial charge on any atom is -0.290 e. The molecule has 1 heterocycles. The lowest BCUT2D eigenvalue weighted by molar-refractivity contribution is 0.323. The van der Waals surface area contributed by atoms with Crippen LogP contribution in [0.25, 0.3) is 0 Å². The van der Waals surface area contributed by atoms with E-state index in [2.05, 4.69) is 23.0 Å². The van der Waals surface area contributed by atoms with Gasteiger partial charge in [0.1, 0.15) is 0 Å². The number of nitrogens with zero attached hydrogens (tertiary/aromatic N) is 2. The smallest absolute Gasteiger partial charge is 0.0544 e. The first-order valence-corrected chi connectivity index (χ1v) is 4.71. The molecule has 14 heavy (non-hydrogen) atoms. The second kappa shape index (κ2) is 6.11. The summed E-state index contributed by atoms with van der Waals surface area (Å²) in [5, 5.41) is 0. The zero-order chi connectivity index (χ0) is 10.2. The van der Waals surface area contributed by atoms with Gasteiger partial charge in [0.2, 0.25) is 0 Å². The Balaban J connectivity index is 2.54. The van der Waals surface area contributed by atoms with Crippen molar-refractivity contribution in [2.75, 3.05) is 13.1 Å². The molecule has 74 valence electrons.